The van der Waals surface area contributed by atoms with E-state index in [1.807, 2.05) is 6.92 Å². The predicted octanol–water partition coefficient (Wildman–Crippen LogP) is 4.83. The Morgan fingerprint density at radius 2 is 1.85 bits per heavy atom. The highest BCUT2D eigenvalue weighted by atomic mass is 35.5. The number of amides is 2. The van der Waals surface area contributed by atoms with E-state index >= 15 is 0 Å². The van der Waals surface area contributed by atoms with Crippen LogP contribution in [0.5, 0.6) is 5.75 Å². The van der Waals surface area contributed by atoms with E-state index in [2.05, 4.69) is 5.32 Å². The number of nitrogens with zero attached hydrogens (tertiary/aromatic N) is 3. The zero-order valence-electron chi connectivity index (χ0n) is 22.0. The summed E-state index contributed by atoms with van der Waals surface area (Å²) in [6.45, 7) is 3.21. The van der Waals surface area contributed by atoms with Crippen LogP contribution in [0.4, 0.5) is 22.7 Å². The number of sulfonamides is 1. The summed E-state index contributed by atoms with van der Waals surface area (Å²) < 4.78 is 33.9. The number of hydrogen-bond donors (Lipinski definition) is 1. The summed E-state index contributed by atoms with van der Waals surface area (Å²) >= 11 is 6.17. The van der Waals surface area contributed by atoms with E-state index < -0.39 is 27.4 Å². The van der Waals surface area contributed by atoms with Crippen LogP contribution in [0.25, 0.3) is 0 Å². The molecule has 1 fully saturated rings. The van der Waals surface area contributed by atoms with E-state index in [1.165, 1.54) is 44.4 Å². The molecule has 13 heteroatoms. The second kappa shape index (κ2) is 11.5. The Bertz CT molecular complexity index is 1610. The molecule has 3 aromatic rings. The second-order valence-electron chi connectivity index (χ2n) is 9.23. The van der Waals surface area contributed by atoms with Gasteiger partial charge in [-0.3, -0.25) is 24.0 Å². The van der Waals surface area contributed by atoms with Crippen molar-refractivity contribution < 1.29 is 27.7 Å². The van der Waals surface area contributed by atoms with Gasteiger partial charge in [0.2, 0.25) is 11.8 Å². The van der Waals surface area contributed by atoms with Gasteiger partial charge < -0.3 is 15.0 Å². The molecule has 210 valence electrons. The number of aryl methyl sites for hydroxylation is 2. The highest BCUT2D eigenvalue weighted by molar-refractivity contribution is 7.92. The van der Waals surface area contributed by atoms with Gasteiger partial charge in [-0.2, -0.15) is 0 Å². The van der Waals surface area contributed by atoms with Gasteiger partial charge in [0.05, 0.1) is 22.6 Å². The van der Waals surface area contributed by atoms with Crippen LogP contribution in [0.15, 0.2) is 59.5 Å². The molecule has 0 spiro atoms. The molecule has 3 aromatic carbocycles. The SMILES string of the molecule is COc1ccc(Cl)cc1N(CC(=O)Nc1ccc(C)c(N2CCCC2=O)c1)S(=O)(=O)c1ccc(C)c([N+](=O)[O-])c1. The molecule has 0 unspecified atom stereocenters. The van der Waals surface area contributed by atoms with Crippen LogP contribution < -0.4 is 19.3 Å². The quantitative estimate of drug-likeness (QED) is 0.280. The number of nitro benzene ring substituents is 1. The molecule has 2 amide bonds. The van der Waals surface area contributed by atoms with E-state index in [9.17, 15) is 28.1 Å². The maximum Gasteiger partial charge on any atom is 0.273 e. The molecule has 0 radical (unpaired) electrons. The first-order valence-electron chi connectivity index (χ1n) is 12.2. The minimum atomic E-state index is -4.52. The van der Waals surface area contributed by atoms with Crippen LogP contribution in [0.1, 0.15) is 24.0 Å². The van der Waals surface area contributed by atoms with Crippen molar-refractivity contribution in [3.8, 4) is 5.75 Å². The molecule has 1 saturated heterocycles. The first kappa shape index (κ1) is 28.8. The number of anilines is 3. The van der Waals surface area contributed by atoms with Gasteiger partial charge in [0.15, 0.2) is 0 Å². The molecule has 1 N–H and O–H groups in total. The fourth-order valence-electron chi connectivity index (χ4n) is 4.44. The summed E-state index contributed by atoms with van der Waals surface area (Å²) in [6.07, 6.45) is 1.18. The number of nitrogens with one attached hydrogen (secondary N) is 1. The molecule has 0 bridgehead atoms. The Morgan fingerprint density at radius 1 is 1.12 bits per heavy atom. The fraction of sp³-hybridized carbons (Fsp3) is 0.259. The van der Waals surface area contributed by atoms with Crippen molar-refractivity contribution in [1.82, 2.24) is 0 Å². The number of halogens is 1. The number of methoxy groups -OCH3 is 1. The number of carbonyl (C=O) groups excluding carboxylic acids is 2. The van der Waals surface area contributed by atoms with Crippen LogP contribution in [0.3, 0.4) is 0 Å². The molecular weight excluding hydrogens is 560 g/mol. The molecule has 1 aliphatic rings. The zero-order valence-corrected chi connectivity index (χ0v) is 23.6. The third kappa shape index (κ3) is 5.87. The van der Waals surface area contributed by atoms with E-state index in [-0.39, 0.29) is 38.5 Å². The van der Waals surface area contributed by atoms with Crippen LogP contribution in [0.2, 0.25) is 5.02 Å². The molecule has 0 saturated carbocycles. The largest absolute Gasteiger partial charge is 0.495 e. The molecule has 1 heterocycles. The summed E-state index contributed by atoms with van der Waals surface area (Å²) in [5.41, 5.74) is 1.75. The minimum absolute atomic E-state index is 0.0101. The molecule has 0 aromatic heterocycles. The molecular formula is C27H27ClN4O7S. The molecule has 11 nitrogen and oxygen atoms in total. The smallest absolute Gasteiger partial charge is 0.273 e. The lowest BCUT2D eigenvalue weighted by molar-refractivity contribution is -0.385. The van der Waals surface area contributed by atoms with Crippen LogP contribution in [0, 0.1) is 24.0 Å². The maximum atomic E-state index is 13.9. The van der Waals surface area contributed by atoms with Crippen LogP contribution >= 0.6 is 11.6 Å². The Kier molecular flexibility index (Phi) is 8.31. The number of rotatable bonds is 9. The highest BCUT2D eigenvalue weighted by Crippen LogP contribution is 2.36. The lowest BCUT2D eigenvalue weighted by atomic mass is 10.1. The van der Waals surface area contributed by atoms with Gasteiger partial charge in [-0.05, 0) is 62.2 Å². The van der Waals surface area contributed by atoms with Gasteiger partial charge in [0.1, 0.15) is 12.3 Å². The monoisotopic (exact) mass is 586 g/mol. The third-order valence-corrected chi connectivity index (χ3v) is 8.51. The lowest BCUT2D eigenvalue weighted by Gasteiger charge is -2.26. The van der Waals surface area contributed by atoms with Gasteiger partial charge in [-0.1, -0.05) is 23.7 Å². The van der Waals surface area contributed by atoms with Gasteiger partial charge in [-0.15, -0.1) is 0 Å². The average Bonchev–Trinajstić information content (AvgIpc) is 3.33. The summed E-state index contributed by atoms with van der Waals surface area (Å²) in [5.74, 6) is -0.591. The summed E-state index contributed by atoms with van der Waals surface area (Å²) in [4.78, 5) is 37.7. The first-order chi connectivity index (χ1) is 18.9. The van der Waals surface area contributed by atoms with E-state index in [0.29, 0.717) is 24.3 Å². The molecule has 0 atom stereocenters. The fourth-order valence-corrected chi connectivity index (χ4v) is 6.05. The van der Waals surface area contributed by atoms with Crippen molar-refractivity contribution in [2.45, 2.75) is 31.6 Å². The van der Waals surface area contributed by atoms with Crippen molar-refractivity contribution in [3.05, 3.63) is 80.9 Å². The van der Waals surface area contributed by atoms with Crippen molar-refractivity contribution in [3.63, 3.8) is 0 Å². The van der Waals surface area contributed by atoms with Gasteiger partial charge in [-0.25, -0.2) is 8.42 Å². The van der Waals surface area contributed by atoms with E-state index in [0.717, 1.165) is 22.4 Å². The Morgan fingerprint density at radius 3 is 2.50 bits per heavy atom. The molecule has 0 aliphatic carbocycles. The van der Waals surface area contributed by atoms with Crippen LogP contribution in [-0.4, -0.2) is 45.4 Å². The minimum Gasteiger partial charge on any atom is -0.495 e. The third-order valence-electron chi connectivity index (χ3n) is 6.52. The maximum absolute atomic E-state index is 13.9. The van der Waals surface area contributed by atoms with E-state index in [1.54, 1.807) is 23.1 Å². The Hall–Kier alpha value is -4.16. The van der Waals surface area contributed by atoms with Crippen molar-refractivity contribution in [2.75, 3.05) is 34.7 Å². The van der Waals surface area contributed by atoms with E-state index in [4.69, 9.17) is 16.3 Å². The number of carbonyl (C=O) groups is 2. The molecule has 40 heavy (non-hydrogen) atoms. The summed E-state index contributed by atoms with van der Waals surface area (Å²) in [7, 11) is -3.19. The van der Waals surface area contributed by atoms with Gasteiger partial charge >= 0.3 is 0 Å². The molecule has 1 aliphatic heterocycles. The number of nitro groups is 1. The second-order valence-corrected chi connectivity index (χ2v) is 11.5. The summed E-state index contributed by atoms with van der Waals surface area (Å²) in [6, 6.07) is 12.9. The van der Waals surface area contributed by atoms with Crippen molar-refractivity contribution >= 4 is 56.2 Å². The van der Waals surface area contributed by atoms with Crippen molar-refractivity contribution in [1.29, 1.82) is 0 Å². The van der Waals surface area contributed by atoms with Gasteiger partial charge in [0.25, 0.3) is 15.7 Å². The first-order valence-corrected chi connectivity index (χ1v) is 14.1. The van der Waals surface area contributed by atoms with Gasteiger partial charge in [0, 0.05) is 41.0 Å². The number of hydrogen-bond acceptors (Lipinski definition) is 7. The van der Waals surface area contributed by atoms with Crippen LogP contribution in [-0.2, 0) is 19.6 Å². The Labute approximate surface area is 236 Å². The Balaban J connectivity index is 1.72. The number of benzene rings is 3. The molecule has 4 rings (SSSR count). The topological polar surface area (TPSA) is 139 Å². The van der Waals surface area contributed by atoms with Crippen molar-refractivity contribution in [2.24, 2.45) is 0 Å². The zero-order chi connectivity index (χ0) is 29.2. The summed E-state index contributed by atoms with van der Waals surface area (Å²) in [5, 5.41) is 14.4. The average molecular weight is 587 g/mol. The number of ether oxygens (including phenoxy) is 1. The normalized spacial score (nSPS) is 13.3. The lowest BCUT2D eigenvalue weighted by Crippen LogP contribution is -2.38. The standard InChI is InChI=1S/C27H27ClN4O7S/c1-17-6-9-20(14-22(17)30-12-4-5-27(30)34)29-26(33)16-31(24-13-19(28)8-11-25(24)39-3)40(37,38)21-10-7-18(2)23(15-21)32(35)36/h6-11,13-15H,4-5,12,16H2,1-3H3,(H,29,33). The predicted molar refractivity (Wildman–Crippen MR) is 152 cm³/mol. The highest BCUT2D eigenvalue weighted by Gasteiger charge is 2.32.